The molecular weight excluding hydrogens is 417 g/mol. The first-order chi connectivity index (χ1) is 14.9. The minimum atomic E-state index is -3.76. The number of halogens is 1. The van der Waals surface area contributed by atoms with Crippen LogP contribution in [0.1, 0.15) is 42.6 Å². The summed E-state index contributed by atoms with van der Waals surface area (Å²) in [6.07, 6.45) is 8.49. The highest BCUT2D eigenvalue weighted by Gasteiger charge is 2.30. The Morgan fingerprint density at radius 1 is 1.19 bits per heavy atom. The fourth-order valence-electron chi connectivity index (χ4n) is 4.25. The van der Waals surface area contributed by atoms with E-state index in [9.17, 15) is 17.6 Å². The summed E-state index contributed by atoms with van der Waals surface area (Å²) in [5.41, 5.74) is 3.88. The number of hydrogen-bond acceptors (Lipinski definition) is 4. The van der Waals surface area contributed by atoms with Crippen molar-refractivity contribution >= 4 is 27.8 Å². The Kier molecular flexibility index (Phi) is 5.14. The third kappa shape index (κ3) is 4.14. The molecule has 1 aromatic carbocycles. The molecule has 0 radical (unpaired) electrons. The van der Waals surface area contributed by atoms with Gasteiger partial charge in [0.1, 0.15) is 11.6 Å². The molecule has 0 unspecified atom stereocenters. The summed E-state index contributed by atoms with van der Waals surface area (Å²) >= 11 is 0. The molecule has 0 bridgehead atoms. The number of carbonyl (C=O) groups excluding carboxylic acids is 1. The van der Waals surface area contributed by atoms with Crippen LogP contribution in [0.3, 0.4) is 0 Å². The minimum absolute atomic E-state index is 0.0685. The summed E-state index contributed by atoms with van der Waals surface area (Å²) in [6, 6.07) is 6.37. The van der Waals surface area contributed by atoms with Crippen LogP contribution in [-0.4, -0.2) is 36.6 Å². The minimum Gasteiger partial charge on any atom is -0.299 e. The molecule has 1 saturated carbocycles. The highest BCUT2D eigenvalue weighted by atomic mass is 32.2. The Bertz CT molecular complexity index is 1180. The van der Waals surface area contributed by atoms with E-state index in [4.69, 9.17) is 0 Å². The molecule has 2 aromatic rings. The third-order valence-corrected chi connectivity index (χ3v) is 7.62. The van der Waals surface area contributed by atoms with Crippen molar-refractivity contribution in [2.24, 2.45) is 5.92 Å². The molecule has 0 atom stereocenters. The second-order valence-electron chi connectivity index (χ2n) is 8.45. The smallest absolute Gasteiger partial charge is 0.299 e. The number of carbonyl (C=O) groups is 1. The van der Waals surface area contributed by atoms with Gasteiger partial charge in [-0.1, -0.05) is 18.2 Å². The molecule has 162 valence electrons. The highest BCUT2D eigenvalue weighted by molar-refractivity contribution is 7.90. The van der Waals surface area contributed by atoms with Gasteiger partial charge in [0.05, 0.1) is 11.4 Å². The number of allylic oxidation sites excluding steroid dienone is 1. The van der Waals surface area contributed by atoms with Crippen molar-refractivity contribution in [3.05, 3.63) is 53.1 Å². The van der Waals surface area contributed by atoms with Crippen LogP contribution >= 0.6 is 0 Å². The number of nitrogens with zero attached hydrogens (tertiary/aromatic N) is 2. The Morgan fingerprint density at radius 3 is 2.68 bits per heavy atom. The lowest BCUT2D eigenvalue weighted by molar-refractivity contribution is -0.119. The van der Waals surface area contributed by atoms with Gasteiger partial charge < -0.3 is 0 Å². The van der Waals surface area contributed by atoms with Gasteiger partial charge in [0.25, 0.3) is 0 Å². The van der Waals surface area contributed by atoms with Crippen LogP contribution in [0.25, 0.3) is 17.2 Å². The summed E-state index contributed by atoms with van der Waals surface area (Å²) in [5.74, 6) is -0.261. The average molecular weight is 442 g/mol. The molecule has 2 aliphatic carbocycles. The van der Waals surface area contributed by atoms with Gasteiger partial charge in [-0.2, -0.15) is 12.7 Å². The van der Waals surface area contributed by atoms with Crippen LogP contribution in [0.15, 0.2) is 30.3 Å². The van der Waals surface area contributed by atoms with Crippen molar-refractivity contribution in [3.8, 4) is 11.1 Å². The van der Waals surface area contributed by atoms with Crippen molar-refractivity contribution in [3.63, 3.8) is 0 Å². The molecular formula is C23H24FN3O3S. The number of ketones is 1. The van der Waals surface area contributed by atoms with Crippen molar-refractivity contribution < 1.29 is 17.6 Å². The second kappa shape index (κ2) is 7.84. The molecule has 6 nitrogen and oxygen atoms in total. The Hall–Kier alpha value is -2.58. The molecule has 1 N–H and O–H groups in total. The lowest BCUT2D eigenvalue weighted by Gasteiger charge is -2.18. The number of nitrogens with one attached hydrogen (secondary N) is 1. The van der Waals surface area contributed by atoms with Crippen LogP contribution in [0.5, 0.6) is 0 Å². The van der Waals surface area contributed by atoms with E-state index in [1.54, 1.807) is 6.07 Å². The average Bonchev–Trinajstić information content (AvgIpc) is 3.22. The van der Waals surface area contributed by atoms with Crippen LogP contribution in [0.2, 0.25) is 0 Å². The fraction of sp³-hybridized carbons (Fsp3) is 0.391. The first-order valence-electron chi connectivity index (χ1n) is 10.7. The maximum Gasteiger partial charge on any atom is 0.301 e. The van der Waals surface area contributed by atoms with E-state index in [-0.39, 0.29) is 17.4 Å². The molecule has 2 fully saturated rings. The van der Waals surface area contributed by atoms with Gasteiger partial charge in [-0.05, 0) is 55.0 Å². The number of Topliss-reactive ketones (excluding diaryl/α,β-unsaturated/α-hetero) is 1. The Labute approximate surface area is 181 Å². The van der Waals surface area contributed by atoms with E-state index in [0.717, 1.165) is 42.5 Å². The molecule has 31 heavy (non-hydrogen) atoms. The summed E-state index contributed by atoms with van der Waals surface area (Å²) < 4.78 is 43.5. The van der Waals surface area contributed by atoms with E-state index in [0.29, 0.717) is 37.2 Å². The maximum atomic E-state index is 14.9. The number of hydrogen-bond donors (Lipinski definition) is 1. The molecule has 8 heteroatoms. The van der Waals surface area contributed by atoms with E-state index < -0.39 is 16.0 Å². The SMILES string of the molecule is O=C(Cc1cc(-c2ccc(NS(=O)(=O)N3CCCC3)c(F)c2)c2c(n1)CC=C2)C1CC1. The van der Waals surface area contributed by atoms with Gasteiger partial charge in [-0.15, -0.1) is 0 Å². The number of rotatable bonds is 7. The zero-order valence-corrected chi connectivity index (χ0v) is 17.9. The van der Waals surface area contributed by atoms with Gasteiger partial charge in [0.2, 0.25) is 0 Å². The third-order valence-electron chi connectivity index (χ3n) is 6.10. The Balaban J connectivity index is 1.44. The molecule has 0 spiro atoms. The summed E-state index contributed by atoms with van der Waals surface area (Å²) in [7, 11) is -3.76. The standard InChI is InChI=1S/C23H24FN3O3S/c24-20-12-16(8-9-22(20)26-31(29,30)27-10-1-2-11-27)19-13-17(14-23(28)15-6-7-15)25-21-5-3-4-18(19)21/h3-4,8-9,12-13,15,26H,1-2,5-7,10-11,14H2. The monoisotopic (exact) mass is 441 g/mol. The topological polar surface area (TPSA) is 79.4 Å². The highest BCUT2D eigenvalue weighted by Crippen LogP contribution is 2.35. The van der Waals surface area contributed by atoms with Crippen molar-refractivity contribution in [1.29, 1.82) is 0 Å². The predicted molar refractivity (Wildman–Crippen MR) is 117 cm³/mol. The van der Waals surface area contributed by atoms with Crippen LogP contribution < -0.4 is 4.72 Å². The number of anilines is 1. The Morgan fingerprint density at radius 2 is 1.97 bits per heavy atom. The zero-order valence-electron chi connectivity index (χ0n) is 17.1. The molecule has 1 aromatic heterocycles. The van der Waals surface area contributed by atoms with Crippen molar-refractivity contribution in [2.75, 3.05) is 17.8 Å². The largest absolute Gasteiger partial charge is 0.301 e. The van der Waals surface area contributed by atoms with Crippen LogP contribution in [0, 0.1) is 11.7 Å². The first kappa shape index (κ1) is 20.3. The van der Waals surface area contributed by atoms with E-state index in [1.165, 1.54) is 16.4 Å². The molecule has 2 heterocycles. The second-order valence-corrected chi connectivity index (χ2v) is 10.1. The van der Waals surface area contributed by atoms with E-state index >= 15 is 0 Å². The quantitative estimate of drug-likeness (QED) is 0.710. The molecule has 0 amide bonds. The van der Waals surface area contributed by atoms with E-state index in [2.05, 4.69) is 9.71 Å². The summed E-state index contributed by atoms with van der Waals surface area (Å²) in [4.78, 5) is 16.9. The van der Waals surface area contributed by atoms with Crippen LogP contribution in [-0.2, 0) is 27.8 Å². The number of pyridine rings is 1. The van der Waals surface area contributed by atoms with Gasteiger partial charge >= 0.3 is 10.2 Å². The van der Waals surface area contributed by atoms with Gasteiger partial charge in [0, 0.05) is 43.1 Å². The van der Waals surface area contributed by atoms with Crippen LogP contribution in [0.4, 0.5) is 10.1 Å². The summed E-state index contributed by atoms with van der Waals surface area (Å²) in [5, 5.41) is 0. The first-order valence-corrected chi connectivity index (χ1v) is 12.1. The van der Waals surface area contributed by atoms with Crippen molar-refractivity contribution in [2.45, 2.75) is 38.5 Å². The lowest BCUT2D eigenvalue weighted by atomic mass is 9.97. The van der Waals surface area contributed by atoms with Crippen molar-refractivity contribution in [1.82, 2.24) is 9.29 Å². The summed E-state index contributed by atoms with van der Waals surface area (Å²) in [6.45, 7) is 0.903. The molecule has 1 saturated heterocycles. The molecule has 5 rings (SSSR count). The van der Waals surface area contributed by atoms with Gasteiger partial charge in [0.15, 0.2) is 0 Å². The lowest BCUT2D eigenvalue weighted by Crippen LogP contribution is -2.33. The zero-order chi connectivity index (χ0) is 21.6. The maximum absolute atomic E-state index is 14.9. The number of fused-ring (bicyclic) bond motifs is 1. The van der Waals surface area contributed by atoms with Gasteiger partial charge in [-0.3, -0.25) is 14.5 Å². The molecule has 3 aliphatic rings. The van der Waals surface area contributed by atoms with E-state index in [1.807, 2.05) is 18.2 Å². The predicted octanol–water partition coefficient (Wildman–Crippen LogP) is 3.73. The normalized spacial score (nSPS) is 18.4. The number of benzene rings is 1. The molecule has 1 aliphatic heterocycles. The van der Waals surface area contributed by atoms with Gasteiger partial charge in [-0.25, -0.2) is 4.39 Å². The number of aromatic nitrogens is 1. The fourth-order valence-corrected chi connectivity index (χ4v) is 5.56.